The summed E-state index contributed by atoms with van der Waals surface area (Å²) < 4.78 is 5.16. The molecule has 0 bridgehead atoms. The van der Waals surface area contributed by atoms with Gasteiger partial charge < -0.3 is 14.9 Å². The summed E-state index contributed by atoms with van der Waals surface area (Å²) in [7, 11) is 1.40. The molecule has 36 heavy (non-hydrogen) atoms. The molecule has 5 rings (SSSR count). The molecule has 0 aromatic carbocycles. The van der Waals surface area contributed by atoms with Crippen LogP contribution in [0.5, 0.6) is 0 Å². The summed E-state index contributed by atoms with van der Waals surface area (Å²) in [6, 6.07) is 0. The first-order valence-electron chi connectivity index (χ1n) is 14.2. The number of methoxy groups -OCH3 is 1. The molecular weight excluding hydrogens is 452 g/mol. The van der Waals surface area contributed by atoms with Crippen molar-refractivity contribution in [3.8, 4) is 0 Å². The minimum atomic E-state index is -0.966. The number of aliphatic hydroxyl groups is 2. The fourth-order valence-electron chi connectivity index (χ4n) is 10.7. The first kappa shape index (κ1) is 26.4. The Morgan fingerprint density at radius 3 is 2.22 bits per heavy atom. The van der Waals surface area contributed by atoms with Crippen LogP contribution in [0.2, 0.25) is 0 Å². The zero-order valence-corrected chi connectivity index (χ0v) is 23.7. The number of carbonyl (C=O) groups is 2. The number of aliphatic hydroxyl groups excluding tert-OH is 2. The van der Waals surface area contributed by atoms with E-state index in [1.54, 1.807) is 0 Å². The molecule has 0 radical (unpaired) electrons. The van der Waals surface area contributed by atoms with Crippen LogP contribution < -0.4 is 0 Å². The molecule has 0 aromatic rings. The highest BCUT2D eigenvalue weighted by atomic mass is 16.5. The van der Waals surface area contributed by atoms with E-state index in [0.717, 1.165) is 38.5 Å². The van der Waals surface area contributed by atoms with Gasteiger partial charge in [-0.2, -0.15) is 0 Å². The van der Waals surface area contributed by atoms with Gasteiger partial charge in [-0.1, -0.05) is 47.1 Å². The van der Waals surface area contributed by atoms with E-state index in [1.165, 1.54) is 12.7 Å². The van der Waals surface area contributed by atoms with Gasteiger partial charge >= 0.3 is 5.97 Å². The van der Waals surface area contributed by atoms with E-state index in [2.05, 4.69) is 41.5 Å². The minimum Gasteiger partial charge on any atom is -0.469 e. The minimum absolute atomic E-state index is 0.0604. The average Bonchev–Trinajstić information content (AvgIpc) is 2.79. The second kappa shape index (κ2) is 7.68. The molecule has 10 atom stereocenters. The lowest BCUT2D eigenvalue weighted by Crippen LogP contribution is -2.67. The summed E-state index contributed by atoms with van der Waals surface area (Å²) >= 11 is 0. The van der Waals surface area contributed by atoms with Crippen LogP contribution in [0.15, 0.2) is 11.6 Å². The quantitative estimate of drug-likeness (QED) is 0.466. The van der Waals surface area contributed by atoms with Crippen LogP contribution in [-0.2, 0) is 14.3 Å². The second-order valence-electron chi connectivity index (χ2n) is 15.2. The van der Waals surface area contributed by atoms with Gasteiger partial charge in [-0.05, 0) is 103 Å². The van der Waals surface area contributed by atoms with Gasteiger partial charge in [0.2, 0.25) is 0 Å². The Bertz CT molecular complexity index is 1010. The fraction of sp³-hybridized carbons (Fsp3) is 0.871. The van der Waals surface area contributed by atoms with Crippen molar-refractivity contribution < 1.29 is 24.5 Å². The van der Waals surface area contributed by atoms with Crippen LogP contribution in [0.1, 0.15) is 99.8 Å². The van der Waals surface area contributed by atoms with E-state index in [4.69, 9.17) is 4.74 Å². The van der Waals surface area contributed by atoms with Gasteiger partial charge in [-0.15, -0.1) is 0 Å². The molecule has 2 N–H and O–H groups in total. The summed E-state index contributed by atoms with van der Waals surface area (Å²) in [6.45, 7) is 15.6. The van der Waals surface area contributed by atoms with Gasteiger partial charge in [0.05, 0.1) is 24.7 Å². The maximum atomic E-state index is 14.3. The molecule has 0 aliphatic heterocycles. The highest BCUT2D eigenvalue weighted by molar-refractivity contribution is 5.95. The van der Waals surface area contributed by atoms with Crippen LogP contribution in [0.4, 0.5) is 0 Å². The van der Waals surface area contributed by atoms with Crippen molar-refractivity contribution in [3.05, 3.63) is 11.6 Å². The van der Waals surface area contributed by atoms with Crippen LogP contribution in [0, 0.1) is 50.2 Å². The Balaban J connectivity index is 1.62. The third-order valence-corrected chi connectivity index (χ3v) is 13.3. The molecule has 4 fully saturated rings. The number of esters is 1. The van der Waals surface area contributed by atoms with E-state index in [9.17, 15) is 19.8 Å². The normalized spacial score (nSPS) is 53.8. The zero-order chi connectivity index (χ0) is 26.7. The molecular formula is C31H48O5. The lowest BCUT2D eigenvalue weighted by Gasteiger charge is -2.70. The summed E-state index contributed by atoms with van der Waals surface area (Å²) in [5.41, 5.74) is -0.528. The van der Waals surface area contributed by atoms with E-state index in [0.29, 0.717) is 18.8 Å². The third-order valence-electron chi connectivity index (χ3n) is 13.3. The monoisotopic (exact) mass is 500 g/mol. The van der Waals surface area contributed by atoms with Crippen molar-refractivity contribution in [2.24, 2.45) is 50.2 Å². The van der Waals surface area contributed by atoms with Crippen molar-refractivity contribution in [1.29, 1.82) is 0 Å². The van der Waals surface area contributed by atoms with Gasteiger partial charge in [-0.3, -0.25) is 9.59 Å². The molecule has 0 amide bonds. The van der Waals surface area contributed by atoms with Crippen LogP contribution in [-0.4, -0.2) is 41.3 Å². The summed E-state index contributed by atoms with van der Waals surface area (Å²) in [4.78, 5) is 27.2. The summed E-state index contributed by atoms with van der Waals surface area (Å²) in [6.07, 6.45) is 7.65. The first-order valence-corrected chi connectivity index (χ1v) is 14.2. The van der Waals surface area contributed by atoms with Crippen molar-refractivity contribution in [3.63, 3.8) is 0 Å². The third kappa shape index (κ3) is 3.02. The summed E-state index contributed by atoms with van der Waals surface area (Å²) in [5.74, 6) is 0.220. The van der Waals surface area contributed by atoms with Gasteiger partial charge in [0.25, 0.3) is 0 Å². The lowest BCUT2D eigenvalue weighted by atomic mass is 9.33. The summed E-state index contributed by atoms with van der Waals surface area (Å²) in [5, 5.41) is 22.0. The number of ketones is 1. The molecule has 5 aliphatic rings. The van der Waals surface area contributed by atoms with E-state index in [1.807, 2.05) is 13.0 Å². The number of allylic oxidation sites excluding steroid dienone is 2. The van der Waals surface area contributed by atoms with Crippen molar-refractivity contribution in [2.75, 3.05) is 7.11 Å². The number of fused-ring (bicyclic) bond motifs is 7. The predicted molar refractivity (Wildman–Crippen MR) is 139 cm³/mol. The molecule has 0 saturated heterocycles. The Hall–Kier alpha value is -1.20. The van der Waals surface area contributed by atoms with E-state index in [-0.39, 0.29) is 56.8 Å². The Morgan fingerprint density at radius 1 is 0.917 bits per heavy atom. The maximum Gasteiger partial charge on any atom is 0.314 e. The van der Waals surface area contributed by atoms with Crippen molar-refractivity contribution in [2.45, 2.75) is 112 Å². The largest absolute Gasteiger partial charge is 0.469 e. The standard InChI is InChI=1S/C31H48O5/c1-26(2)21-9-12-31(7)24(28(21,4)11-10-22(26)33)20(32)15-18-19-16-29(5,25(35)36-8)23(34)17-27(19,3)13-14-30(18,31)6/h15,19,21-24,33-34H,9-14,16-17H2,1-8H3. The lowest BCUT2D eigenvalue weighted by molar-refractivity contribution is -0.205. The van der Waals surface area contributed by atoms with Crippen LogP contribution >= 0.6 is 0 Å². The highest BCUT2D eigenvalue weighted by Crippen LogP contribution is 2.75. The average molecular weight is 501 g/mol. The zero-order valence-electron chi connectivity index (χ0n) is 23.7. The van der Waals surface area contributed by atoms with E-state index >= 15 is 0 Å². The number of ether oxygens (including phenoxy) is 1. The molecule has 202 valence electrons. The van der Waals surface area contributed by atoms with Gasteiger partial charge in [-0.25, -0.2) is 0 Å². The molecule has 4 saturated carbocycles. The second-order valence-corrected chi connectivity index (χ2v) is 15.2. The first-order chi connectivity index (χ1) is 16.5. The number of carbonyl (C=O) groups excluding carboxylic acids is 2. The number of hydrogen-bond acceptors (Lipinski definition) is 5. The topological polar surface area (TPSA) is 83.8 Å². The molecule has 0 spiro atoms. The molecule has 5 heteroatoms. The van der Waals surface area contributed by atoms with Crippen molar-refractivity contribution >= 4 is 11.8 Å². The molecule has 10 unspecified atom stereocenters. The Labute approximate surface area is 217 Å². The molecule has 0 aromatic heterocycles. The van der Waals surface area contributed by atoms with Crippen LogP contribution in [0.3, 0.4) is 0 Å². The van der Waals surface area contributed by atoms with Gasteiger partial charge in [0.15, 0.2) is 5.78 Å². The van der Waals surface area contributed by atoms with Crippen molar-refractivity contribution in [1.82, 2.24) is 0 Å². The SMILES string of the molecule is COC(=O)C1(C)CC2C3=CC(=O)C4C5(C)CCC(O)C(C)(C)C5CCC4(C)C3(C)CCC2(C)CC1O. The smallest absolute Gasteiger partial charge is 0.314 e. The maximum absolute atomic E-state index is 14.3. The molecule has 5 nitrogen and oxygen atoms in total. The predicted octanol–water partition coefficient (Wildman–Crippen LogP) is 5.47. The van der Waals surface area contributed by atoms with Gasteiger partial charge in [0.1, 0.15) is 0 Å². The Kier molecular flexibility index (Phi) is 5.64. The van der Waals surface area contributed by atoms with Gasteiger partial charge in [0, 0.05) is 5.92 Å². The highest BCUT2D eigenvalue weighted by Gasteiger charge is 2.70. The van der Waals surface area contributed by atoms with E-state index < -0.39 is 11.5 Å². The fourth-order valence-corrected chi connectivity index (χ4v) is 10.7. The van der Waals surface area contributed by atoms with Crippen LogP contribution in [0.25, 0.3) is 0 Å². The number of hydrogen-bond donors (Lipinski definition) is 2. The number of rotatable bonds is 1. The molecule has 0 heterocycles. The molecule has 5 aliphatic carbocycles. The Morgan fingerprint density at radius 2 is 1.58 bits per heavy atom.